The Morgan fingerprint density at radius 1 is 0.528 bits per heavy atom. The minimum atomic E-state index is -3.47. The molecule has 4 amide bonds. The van der Waals surface area contributed by atoms with Crippen molar-refractivity contribution in [1.29, 1.82) is 0 Å². The second kappa shape index (κ2) is 12.7. The average molecular weight is 717 g/mol. The highest BCUT2D eigenvalue weighted by Gasteiger charge is 2.49. The maximum atomic E-state index is 16.0. The van der Waals surface area contributed by atoms with Gasteiger partial charge in [0.25, 0.3) is 23.6 Å². The first-order chi connectivity index (χ1) is 25.5. The van der Waals surface area contributed by atoms with Gasteiger partial charge < -0.3 is 9.30 Å². The van der Waals surface area contributed by atoms with Crippen molar-refractivity contribution in [1.82, 2.24) is 4.90 Å². The van der Waals surface area contributed by atoms with E-state index in [-0.39, 0.29) is 22.6 Å². The maximum Gasteiger partial charge on any atom is 0.266 e. The van der Waals surface area contributed by atoms with Gasteiger partial charge in [-0.05, 0) is 73.5 Å². The van der Waals surface area contributed by atoms with Crippen molar-refractivity contribution < 1.29 is 28.5 Å². The molecule has 0 fully saturated rings. The van der Waals surface area contributed by atoms with E-state index < -0.39 is 30.0 Å². The number of hydrogen-bond acceptors (Lipinski definition) is 6. The largest absolute Gasteiger partial charge is 0.457 e. The lowest BCUT2D eigenvalue weighted by molar-refractivity contribution is 0.0692. The van der Waals surface area contributed by atoms with Gasteiger partial charge in [-0.25, -0.2) is 4.90 Å². The lowest BCUT2D eigenvalue weighted by atomic mass is 9.91. The Morgan fingerprint density at radius 2 is 0.962 bits per heavy atom. The van der Waals surface area contributed by atoms with Crippen LogP contribution in [0, 0.1) is 6.92 Å². The molecule has 0 saturated heterocycles. The van der Waals surface area contributed by atoms with Crippen molar-refractivity contribution in [3.63, 3.8) is 0 Å². The number of carbonyl (C=O) groups is 4. The van der Waals surface area contributed by atoms with E-state index in [9.17, 15) is 19.2 Å². The number of rotatable bonds is 8. The molecule has 6 aromatic carbocycles. The zero-order valence-electron chi connectivity index (χ0n) is 29.1. The summed E-state index contributed by atoms with van der Waals surface area (Å²) in [4.78, 5) is 54.6. The van der Waals surface area contributed by atoms with Gasteiger partial charge in [0, 0.05) is 17.7 Å². The summed E-state index contributed by atoms with van der Waals surface area (Å²) in [6, 6.07) is 43.5. The van der Waals surface area contributed by atoms with Crippen LogP contribution in [0.5, 0.6) is 11.5 Å². The third-order valence-electron chi connectivity index (χ3n) is 10.3. The Labute approximate surface area is 306 Å². The fraction of sp³-hybridized carbons (Fsp3) is 0.0909. The highest BCUT2D eigenvalue weighted by Crippen LogP contribution is 2.64. The van der Waals surface area contributed by atoms with Gasteiger partial charge in [-0.15, -0.1) is 0 Å². The van der Waals surface area contributed by atoms with Crippen LogP contribution < -0.4 is 20.2 Å². The minimum absolute atomic E-state index is 0.172. The molecule has 0 aromatic heterocycles. The molecule has 8 nitrogen and oxygen atoms in total. The van der Waals surface area contributed by atoms with Gasteiger partial charge >= 0.3 is 0 Å². The number of ether oxygens (including phenoxy) is 1. The fourth-order valence-corrected chi connectivity index (χ4v) is 10.9. The van der Waals surface area contributed by atoms with Crippen molar-refractivity contribution in [3.8, 4) is 11.5 Å². The molecule has 8 rings (SSSR count). The van der Waals surface area contributed by atoms with Crippen LogP contribution in [-0.2, 0) is 9.72 Å². The molecule has 1 unspecified atom stereocenters. The second-order valence-corrected chi connectivity index (χ2v) is 16.5. The van der Waals surface area contributed by atoms with Gasteiger partial charge in [-0.2, -0.15) is 0 Å². The summed E-state index contributed by atoms with van der Waals surface area (Å²) >= 11 is 0. The predicted octanol–water partition coefficient (Wildman–Crippen LogP) is 8.09. The normalized spacial score (nSPS) is 15.0. The van der Waals surface area contributed by atoms with Gasteiger partial charge in [0.2, 0.25) is 0 Å². The molecule has 0 N–H and O–H groups in total. The molecule has 0 saturated carbocycles. The fourth-order valence-electron chi connectivity index (χ4n) is 7.34. The number of nitrogens with zero attached hydrogens (tertiary/aromatic N) is 2. The van der Waals surface area contributed by atoms with Crippen molar-refractivity contribution >= 4 is 47.1 Å². The van der Waals surface area contributed by atoms with Crippen molar-refractivity contribution in [2.24, 2.45) is 0 Å². The smallest absolute Gasteiger partial charge is 0.266 e. The first-order valence-electron chi connectivity index (χ1n) is 17.1. The Bertz CT molecular complexity index is 2470. The lowest BCUT2D eigenvalue weighted by Gasteiger charge is -2.40. The summed E-state index contributed by atoms with van der Waals surface area (Å²) in [6.45, 7) is 4.02. The Balaban J connectivity index is 1.15. The molecule has 260 valence electrons. The van der Waals surface area contributed by atoms with E-state index in [1.165, 1.54) is 25.2 Å². The van der Waals surface area contributed by atoms with Crippen LogP contribution in [0.2, 0.25) is 0 Å². The number of benzene rings is 6. The number of aryl methyl sites for hydroxylation is 1. The van der Waals surface area contributed by atoms with Crippen LogP contribution in [-0.4, -0.2) is 35.6 Å². The number of carbonyl (C=O) groups excluding carboxylic acids is 4. The minimum Gasteiger partial charge on any atom is -0.457 e. The standard InChI is InChI=1S/C44H33N2O6P/c1-28-14-16-29(17-15-28)44(2,53(51,34-10-6-4-7-11-34)35-12-8-5-9-13-35)30-18-20-31(21-19-30)46-42(49)37-25-23-33(27-39(37)43(46)50)52-32-22-24-36-38(26-32)41(48)45(3)40(36)47/h4-27H,1-3H3. The molecule has 2 aliphatic rings. The van der Waals surface area contributed by atoms with E-state index in [1.807, 2.05) is 111 Å². The van der Waals surface area contributed by atoms with Crippen LogP contribution in [0.1, 0.15) is 65.0 Å². The van der Waals surface area contributed by atoms with E-state index >= 15 is 4.57 Å². The van der Waals surface area contributed by atoms with Crippen LogP contribution in [0.15, 0.2) is 146 Å². The number of imide groups is 2. The molecule has 2 heterocycles. The Morgan fingerprint density at radius 3 is 1.49 bits per heavy atom. The van der Waals surface area contributed by atoms with Gasteiger partial charge in [-0.3, -0.25) is 24.1 Å². The van der Waals surface area contributed by atoms with Gasteiger partial charge in [0.1, 0.15) is 11.5 Å². The monoisotopic (exact) mass is 716 g/mol. The first-order valence-corrected chi connectivity index (χ1v) is 18.8. The molecule has 9 heteroatoms. The molecule has 1 atom stereocenters. The third kappa shape index (κ3) is 5.25. The molecule has 0 spiro atoms. The van der Waals surface area contributed by atoms with E-state index in [2.05, 4.69) is 0 Å². The SMILES string of the molecule is Cc1ccc(C(C)(c2ccc(N3C(=O)c4ccc(Oc5ccc6c(c5)C(=O)N(C)C6=O)cc4C3=O)cc2)P(=O)(c2ccccc2)c2ccccc2)cc1. The highest BCUT2D eigenvalue weighted by molar-refractivity contribution is 7.79. The average Bonchev–Trinajstić information content (AvgIpc) is 3.57. The first kappa shape index (κ1) is 33.8. The van der Waals surface area contributed by atoms with Crippen LogP contribution >= 0.6 is 7.14 Å². The van der Waals surface area contributed by atoms with Crippen molar-refractivity contribution in [2.75, 3.05) is 11.9 Å². The van der Waals surface area contributed by atoms with E-state index in [1.54, 1.807) is 30.3 Å². The summed E-state index contributed by atoms with van der Waals surface area (Å²) in [5, 5.41) is 0.384. The topological polar surface area (TPSA) is 101 Å². The van der Waals surface area contributed by atoms with E-state index in [0.29, 0.717) is 33.4 Å². The second-order valence-electron chi connectivity index (χ2n) is 13.4. The third-order valence-corrected chi connectivity index (χ3v) is 14.2. The van der Waals surface area contributed by atoms with Gasteiger partial charge in [0.05, 0.1) is 33.1 Å². The maximum absolute atomic E-state index is 16.0. The number of anilines is 1. The van der Waals surface area contributed by atoms with E-state index in [0.717, 1.165) is 26.5 Å². The Hall–Kier alpha value is -6.37. The number of hydrogen-bond donors (Lipinski definition) is 0. The quantitative estimate of drug-likeness (QED) is 0.117. The summed E-state index contributed by atoms with van der Waals surface area (Å²) in [5.41, 5.74) is 4.00. The van der Waals surface area contributed by atoms with Gasteiger partial charge in [0.15, 0.2) is 7.14 Å². The summed E-state index contributed by atoms with van der Waals surface area (Å²) in [6.07, 6.45) is 0. The summed E-state index contributed by atoms with van der Waals surface area (Å²) in [5.74, 6) is -1.20. The van der Waals surface area contributed by atoms with Crippen LogP contribution in [0.25, 0.3) is 0 Å². The molecule has 53 heavy (non-hydrogen) atoms. The highest BCUT2D eigenvalue weighted by atomic mass is 31.2. The molecule has 0 bridgehead atoms. The van der Waals surface area contributed by atoms with Crippen molar-refractivity contribution in [3.05, 3.63) is 185 Å². The van der Waals surface area contributed by atoms with Crippen molar-refractivity contribution in [2.45, 2.75) is 19.0 Å². The molecule has 6 aromatic rings. The summed E-state index contributed by atoms with van der Waals surface area (Å²) < 4.78 is 22.0. The van der Waals surface area contributed by atoms with Crippen LogP contribution in [0.4, 0.5) is 5.69 Å². The number of amides is 4. The zero-order chi connectivity index (χ0) is 37.1. The number of fused-ring (bicyclic) bond motifs is 2. The lowest BCUT2D eigenvalue weighted by Crippen LogP contribution is -2.35. The predicted molar refractivity (Wildman–Crippen MR) is 204 cm³/mol. The molecule has 2 aliphatic heterocycles. The molecule has 0 radical (unpaired) electrons. The van der Waals surface area contributed by atoms with E-state index in [4.69, 9.17) is 4.74 Å². The molecular formula is C44H33N2O6P. The molecular weight excluding hydrogens is 683 g/mol. The Kier molecular flexibility index (Phi) is 8.08. The zero-order valence-corrected chi connectivity index (χ0v) is 30.0. The van der Waals surface area contributed by atoms with Gasteiger partial charge in [-0.1, -0.05) is 103 Å². The van der Waals surface area contributed by atoms with Crippen LogP contribution in [0.3, 0.4) is 0 Å². The summed E-state index contributed by atoms with van der Waals surface area (Å²) in [7, 11) is -2.04. The molecule has 0 aliphatic carbocycles.